The molecule has 0 amide bonds. The summed E-state index contributed by atoms with van der Waals surface area (Å²) in [5.74, 6) is 1.55. The zero-order chi connectivity index (χ0) is 11.0. The summed E-state index contributed by atoms with van der Waals surface area (Å²) in [6, 6.07) is 3.72. The van der Waals surface area contributed by atoms with Crippen LogP contribution in [0.4, 0.5) is 5.82 Å². The molecule has 0 bridgehead atoms. The van der Waals surface area contributed by atoms with E-state index in [2.05, 4.69) is 25.4 Å². The Morgan fingerprint density at radius 1 is 1.53 bits per heavy atom. The molecule has 0 saturated carbocycles. The fraction of sp³-hybridized carbons (Fsp3) is 0.417. The van der Waals surface area contributed by atoms with Crippen molar-refractivity contribution in [2.45, 2.75) is 32.3 Å². The lowest BCUT2D eigenvalue weighted by Gasteiger charge is -2.31. The first-order valence-electron chi connectivity index (χ1n) is 5.25. The van der Waals surface area contributed by atoms with Gasteiger partial charge >= 0.3 is 0 Å². The topological polar surface area (TPSA) is 48.1 Å². The van der Waals surface area contributed by atoms with Gasteiger partial charge in [-0.3, -0.25) is 0 Å². The summed E-state index contributed by atoms with van der Waals surface area (Å²) >= 11 is 0. The Hall–Kier alpha value is -1.51. The number of hydrogen-bond donors (Lipinski definition) is 1. The molecule has 1 aliphatic rings. The highest BCUT2D eigenvalue weighted by Gasteiger charge is 2.29. The number of hydrogen-bond acceptors (Lipinski definition) is 3. The van der Waals surface area contributed by atoms with Gasteiger partial charge in [0.15, 0.2) is 0 Å². The minimum Gasteiger partial charge on any atom is -0.490 e. The van der Waals surface area contributed by atoms with E-state index in [1.54, 1.807) is 6.07 Å². The number of ether oxygens (including phenoxy) is 1. The lowest BCUT2D eigenvalue weighted by molar-refractivity contribution is 0.127. The van der Waals surface area contributed by atoms with Crippen LogP contribution in [0.15, 0.2) is 18.7 Å². The number of nitrogens with zero attached hydrogens (tertiary/aromatic N) is 1. The summed E-state index contributed by atoms with van der Waals surface area (Å²) in [6.45, 7) is 8.13. The maximum absolute atomic E-state index is 5.74. The van der Waals surface area contributed by atoms with Crippen LogP contribution in [0.5, 0.6) is 0 Å². The van der Waals surface area contributed by atoms with Gasteiger partial charge in [-0.05, 0) is 18.6 Å². The monoisotopic (exact) mass is 204 g/mol. The third kappa shape index (κ3) is 1.58. The third-order valence-electron chi connectivity index (χ3n) is 2.93. The number of anilines is 1. The lowest BCUT2D eigenvalue weighted by Crippen LogP contribution is -2.26. The summed E-state index contributed by atoms with van der Waals surface area (Å²) < 4.78 is 5.74. The average Bonchev–Trinajstić information content (AvgIpc) is 2.23. The van der Waals surface area contributed by atoms with Gasteiger partial charge in [0.05, 0.1) is 5.69 Å². The first kappa shape index (κ1) is 10.0. The van der Waals surface area contributed by atoms with E-state index in [9.17, 15) is 0 Å². The average molecular weight is 204 g/mol. The normalized spacial score (nSPS) is 24.5. The van der Waals surface area contributed by atoms with Crippen molar-refractivity contribution in [1.29, 1.82) is 0 Å². The second kappa shape index (κ2) is 3.57. The van der Waals surface area contributed by atoms with Crippen LogP contribution in [0, 0.1) is 0 Å². The highest BCUT2D eigenvalue weighted by molar-refractivity contribution is 5.63. The fourth-order valence-corrected chi connectivity index (χ4v) is 2.03. The Morgan fingerprint density at radius 2 is 2.27 bits per heavy atom. The first-order chi connectivity index (χ1) is 7.13. The molecule has 1 aromatic heterocycles. The second-order valence-corrected chi connectivity index (χ2v) is 3.95. The number of nitrogen functional groups attached to an aromatic ring is 1. The van der Waals surface area contributed by atoms with Gasteiger partial charge in [-0.2, -0.15) is 0 Å². The van der Waals surface area contributed by atoms with E-state index < -0.39 is 0 Å². The highest BCUT2D eigenvalue weighted by Crippen LogP contribution is 2.36. The summed E-state index contributed by atoms with van der Waals surface area (Å²) in [7, 11) is 0. The molecule has 0 aliphatic carbocycles. The van der Waals surface area contributed by atoms with Gasteiger partial charge in [0, 0.05) is 11.5 Å². The SMILES string of the molecule is C=C1O[C@H](CC)[C@@H](C)c2nc(N)ccc21. The van der Waals surface area contributed by atoms with E-state index in [1.165, 1.54) is 0 Å². The molecule has 1 aromatic rings. The molecular weight excluding hydrogens is 188 g/mol. The molecule has 0 unspecified atom stereocenters. The number of rotatable bonds is 1. The molecule has 0 saturated heterocycles. The van der Waals surface area contributed by atoms with E-state index in [0.717, 1.165) is 17.7 Å². The van der Waals surface area contributed by atoms with Crippen molar-refractivity contribution in [1.82, 2.24) is 4.98 Å². The van der Waals surface area contributed by atoms with Gasteiger partial charge in [0.25, 0.3) is 0 Å². The van der Waals surface area contributed by atoms with E-state index in [1.807, 2.05) is 6.07 Å². The Kier molecular flexibility index (Phi) is 2.39. The van der Waals surface area contributed by atoms with Crippen molar-refractivity contribution in [3.63, 3.8) is 0 Å². The van der Waals surface area contributed by atoms with Gasteiger partial charge < -0.3 is 10.5 Å². The Labute approximate surface area is 90.0 Å². The molecule has 3 heteroatoms. The van der Waals surface area contributed by atoms with Crippen LogP contribution in [0.3, 0.4) is 0 Å². The van der Waals surface area contributed by atoms with Crippen LogP contribution >= 0.6 is 0 Å². The van der Waals surface area contributed by atoms with Crippen LogP contribution < -0.4 is 5.73 Å². The van der Waals surface area contributed by atoms with Crippen molar-refractivity contribution in [2.24, 2.45) is 0 Å². The zero-order valence-corrected chi connectivity index (χ0v) is 9.16. The summed E-state index contributed by atoms with van der Waals surface area (Å²) in [4.78, 5) is 4.38. The quantitative estimate of drug-likeness (QED) is 0.764. The third-order valence-corrected chi connectivity index (χ3v) is 2.93. The van der Waals surface area contributed by atoms with Crippen molar-refractivity contribution < 1.29 is 4.74 Å². The molecule has 15 heavy (non-hydrogen) atoms. The summed E-state index contributed by atoms with van der Waals surface area (Å²) in [5, 5.41) is 0. The highest BCUT2D eigenvalue weighted by atomic mass is 16.5. The number of aromatic nitrogens is 1. The van der Waals surface area contributed by atoms with E-state index in [-0.39, 0.29) is 12.0 Å². The maximum Gasteiger partial charge on any atom is 0.123 e. The molecule has 3 nitrogen and oxygen atoms in total. The predicted octanol–water partition coefficient (Wildman–Crippen LogP) is 2.55. The molecule has 2 atom stereocenters. The minimum absolute atomic E-state index is 0.166. The maximum atomic E-state index is 5.74. The molecular formula is C12H16N2O. The van der Waals surface area contributed by atoms with Gasteiger partial charge in [-0.15, -0.1) is 0 Å². The first-order valence-corrected chi connectivity index (χ1v) is 5.25. The van der Waals surface area contributed by atoms with Crippen LogP contribution in [0.2, 0.25) is 0 Å². The largest absolute Gasteiger partial charge is 0.490 e. The van der Waals surface area contributed by atoms with E-state index >= 15 is 0 Å². The van der Waals surface area contributed by atoms with E-state index in [0.29, 0.717) is 11.6 Å². The van der Waals surface area contributed by atoms with Crippen molar-refractivity contribution >= 4 is 11.6 Å². The van der Waals surface area contributed by atoms with Gasteiger partial charge in [-0.1, -0.05) is 20.4 Å². The smallest absolute Gasteiger partial charge is 0.123 e. The molecule has 0 fully saturated rings. The fourth-order valence-electron chi connectivity index (χ4n) is 2.03. The van der Waals surface area contributed by atoms with Crippen LogP contribution in [0.1, 0.15) is 37.4 Å². The standard InChI is InChI=1S/C12H16N2O/c1-4-10-7(2)12-9(8(3)15-10)5-6-11(13)14-12/h5-7,10H,3-4H2,1-2H3,(H2,13,14)/t7-,10-/m1/s1. The van der Waals surface area contributed by atoms with Crippen molar-refractivity contribution in [3.8, 4) is 0 Å². The number of pyridine rings is 1. The van der Waals surface area contributed by atoms with Crippen LogP contribution in [0.25, 0.3) is 5.76 Å². The van der Waals surface area contributed by atoms with Gasteiger partial charge in [-0.25, -0.2) is 4.98 Å². The van der Waals surface area contributed by atoms with Crippen LogP contribution in [-0.4, -0.2) is 11.1 Å². The van der Waals surface area contributed by atoms with Gasteiger partial charge in [0.2, 0.25) is 0 Å². The molecule has 0 aromatic carbocycles. The Morgan fingerprint density at radius 3 is 2.93 bits per heavy atom. The lowest BCUT2D eigenvalue weighted by atomic mass is 9.91. The molecule has 2 N–H and O–H groups in total. The van der Waals surface area contributed by atoms with E-state index in [4.69, 9.17) is 10.5 Å². The molecule has 80 valence electrons. The number of nitrogens with two attached hydrogens (primary N) is 1. The van der Waals surface area contributed by atoms with Crippen molar-refractivity contribution in [2.75, 3.05) is 5.73 Å². The summed E-state index contributed by atoms with van der Waals surface area (Å²) in [6.07, 6.45) is 1.12. The van der Waals surface area contributed by atoms with Crippen LogP contribution in [-0.2, 0) is 4.74 Å². The molecule has 0 spiro atoms. The molecule has 0 radical (unpaired) electrons. The van der Waals surface area contributed by atoms with Gasteiger partial charge in [0.1, 0.15) is 17.7 Å². The predicted molar refractivity (Wildman–Crippen MR) is 61.3 cm³/mol. The summed E-state index contributed by atoms with van der Waals surface area (Å²) in [5.41, 5.74) is 7.69. The molecule has 2 heterocycles. The minimum atomic E-state index is 0.166. The number of fused-ring (bicyclic) bond motifs is 1. The Balaban J connectivity index is 2.50. The molecule has 2 rings (SSSR count). The molecule has 1 aliphatic heterocycles. The van der Waals surface area contributed by atoms with Crippen molar-refractivity contribution in [3.05, 3.63) is 30.0 Å². The zero-order valence-electron chi connectivity index (χ0n) is 9.16. The second-order valence-electron chi connectivity index (χ2n) is 3.95. The Bertz CT molecular complexity index is 401.